The quantitative estimate of drug-likeness (QED) is 0.0172. The first-order chi connectivity index (χ1) is 37.6. The number of unbranched alkanes of at least 4 members (excludes halogenated alkanes) is 14. The number of carbonyl (C=O) groups is 1. The molecule has 2 saturated heterocycles. The minimum Gasteiger partial charge on any atom is -0.457 e. The molecule has 0 radical (unpaired) electrons. The highest BCUT2D eigenvalue weighted by atomic mass is 16.7. The second kappa shape index (κ2) is 48.5. The lowest BCUT2D eigenvalue weighted by molar-refractivity contribution is -0.332. The van der Waals surface area contributed by atoms with Crippen molar-refractivity contribution in [3.05, 3.63) is 109 Å². The maximum absolute atomic E-state index is 13.1. The van der Waals surface area contributed by atoms with Crippen LogP contribution in [0.4, 0.5) is 0 Å². The van der Waals surface area contributed by atoms with E-state index in [-0.39, 0.29) is 19.6 Å². The van der Waals surface area contributed by atoms with Crippen LogP contribution < -0.4 is 0 Å². The summed E-state index contributed by atoms with van der Waals surface area (Å²) in [6.07, 6.45) is 50.1. The van der Waals surface area contributed by atoms with Crippen molar-refractivity contribution in [2.45, 2.75) is 248 Å². The van der Waals surface area contributed by atoms with Crippen LogP contribution in [0.5, 0.6) is 0 Å². The fourth-order valence-corrected chi connectivity index (χ4v) is 8.54. The average Bonchev–Trinajstić information content (AvgIpc) is 3.43. The summed E-state index contributed by atoms with van der Waals surface area (Å²) in [6, 6.07) is 0. The molecule has 14 heteroatoms. The second-order valence-electron chi connectivity index (χ2n) is 20.1. The second-order valence-corrected chi connectivity index (χ2v) is 20.1. The van der Waals surface area contributed by atoms with Gasteiger partial charge in [0.15, 0.2) is 12.6 Å². The van der Waals surface area contributed by atoms with E-state index in [9.17, 15) is 40.5 Å². The van der Waals surface area contributed by atoms with E-state index in [2.05, 4.69) is 123 Å². The van der Waals surface area contributed by atoms with Crippen molar-refractivity contribution in [2.75, 3.05) is 33.0 Å². The smallest absolute Gasteiger partial charge is 0.306 e. The molecule has 2 heterocycles. The molecule has 0 amide bonds. The third-order valence-electron chi connectivity index (χ3n) is 13.3. The van der Waals surface area contributed by atoms with Gasteiger partial charge in [-0.25, -0.2) is 0 Å². The van der Waals surface area contributed by atoms with Crippen molar-refractivity contribution < 1.29 is 69.0 Å². The van der Waals surface area contributed by atoms with Gasteiger partial charge in [-0.05, 0) is 96.3 Å². The highest BCUT2D eigenvalue weighted by Crippen LogP contribution is 2.26. The average molecular weight is 1090 g/mol. The molecule has 2 aliphatic rings. The van der Waals surface area contributed by atoms with E-state index in [0.717, 1.165) is 89.9 Å². The van der Waals surface area contributed by atoms with Crippen LogP contribution in [0.3, 0.4) is 0 Å². The number of carbonyl (C=O) groups excluding carboxylic acids is 1. The minimum absolute atomic E-state index is 0.0111. The Balaban J connectivity index is 1.75. The molecule has 2 aliphatic heterocycles. The summed E-state index contributed by atoms with van der Waals surface area (Å²) in [7, 11) is 0. The van der Waals surface area contributed by atoms with Gasteiger partial charge in [0.25, 0.3) is 0 Å². The standard InChI is InChI=1S/C63H104O14/c1-3-5-7-9-11-13-15-17-19-21-23-25-26-27-28-30-32-34-36-38-40-42-44-46-55(65)75-52(49-72-47-45-43-41-39-37-35-33-31-29-24-22-20-18-16-14-12-10-8-6-4-2)50-73-62-61(71)59(69)57(67)54(77-62)51-74-63-60(70)58(68)56(66)53(48-64)76-63/h6,8,12,14-15,17-18,20-21,23-24,26-27,29,33,35,39,41,52-54,56-64,66-71H,3-5,7,9-11,13,16,19,22,25,28,30-32,34,36-38,40,42-51H2,1-2H3/b8-6-,14-12-,17-15-,20-18-,23-21-,27-26-,29-24-,35-33-,41-39-. The number of aliphatic hydroxyl groups is 7. The van der Waals surface area contributed by atoms with Crippen LogP contribution in [-0.2, 0) is 33.2 Å². The molecule has 0 spiro atoms. The first kappa shape index (κ1) is 69.8. The lowest BCUT2D eigenvalue weighted by Gasteiger charge is -2.42. The number of hydrogen-bond acceptors (Lipinski definition) is 14. The van der Waals surface area contributed by atoms with Crippen LogP contribution >= 0.6 is 0 Å². The van der Waals surface area contributed by atoms with Crippen LogP contribution in [0.1, 0.15) is 181 Å². The Morgan fingerprint density at radius 1 is 0.442 bits per heavy atom. The highest BCUT2D eigenvalue weighted by molar-refractivity contribution is 5.69. The van der Waals surface area contributed by atoms with Gasteiger partial charge >= 0.3 is 5.97 Å². The topological polar surface area (TPSA) is 214 Å². The fraction of sp³-hybridized carbons (Fsp3) is 0.698. The predicted octanol–water partition coefficient (Wildman–Crippen LogP) is 10.7. The monoisotopic (exact) mass is 1080 g/mol. The van der Waals surface area contributed by atoms with Gasteiger partial charge in [-0.1, -0.05) is 187 Å². The van der Waals surface area contributed by atoms with Gasteiger partial charge in [-0.3, -0.25) is 4.79 Å². The molecule has 0 aromatic rings. The van der Waals surface area contributed by atoms with Crippen LogP contribution in [0.2, 0.25) is 0 Å². The number of hydrogen-bond donors (Lipinski definition) is 7. The van der Waals surface area contributed by atoms with Gasteiger partial charge in [0.05, 0.1) is 26.4 Å². The zero-order valence-electron chi connectivity index (χ0n) is 47.2. The van der Waals surface area contributed by atoms with Gasteiger partial charge in [-0.2, -0.15) is 0 Å². The highest BCUT2D eigenvalue weighted by Gasteiger charge is 2.47. The van der Waals surface area contributed by atoms with Gasteiger partial charge in [0.2, 0.25) is 0 Å². The molecule has 11 atom stereocenters. The Kier molecular flexibility index (Phi) is 44.0. The molecule has 440 valence electrons. The molecule has 2 rings (SSSR count). The Bertz CT molecular complexity index is 1690. The van der Waals surface area contributed by atoms with Crippen LogP contribution in [-0.4, -0.2) is 142 Å². The van der Waals surface area contributed by atoms with Crippen molar-refractivity contribution >= 4 is 5.97 Å². The Hall–Kier alpha value is -3.35. The van der Waals surface area contributed by atoms with Crippen molar-refractivity contribution in [3.8, 4) is 0 Å². The van der Waals surface area contributed by atoms with E-state index in [1.165, 1.54) is 64.2 Å². The number of aliphatic hydroxyl groups excluding tert-OH is 7. The molecular weight excluding hydrogens is 981 g/mol. The van der Waals surface area contributed by atoms with E-state index < -0.39 is 86.7 Å². The van der Waals surface area contributed by atoms with Crippen molar-refractivity contribution in [3.63, 3.8) is 0 Å². The molecule has 0 aromatic heterocycles. The summed E-state index contributed by atoms with van der Waals surface area (Å²) in [6.45, 7) is 3.38. The molecule has 0 bridgehead atoms. The van der Waals surface area contributed by atoms with Gasteiger partial charge < -0.3 is 64.2 Å². The lowest BCUT2D eigenvalue weighted by atomic mass is 9.98. The molecule has 14 nitrogen and oxygen atoms in total. The first-order valence-electron chi connectivity index (χ1n) is 29.5. The zero-order valence-corrected chi connectivity index (χ0v) is 47.2. The number of esters is 1. The molecule has 7 N–H and O–H groups in total. The largest absolute Gasteiger partial charge is 0.457 e. The van der Waals surface area contributed by atoms with Gasteiger partial charge in [0, 0.05) is 13.0 Å². The maximum Gasteiger partial charge on any atom is 0.306 e. The van der Waals surface area contributed by atoms with E-state index in [1.54, 1.807) is 0 Å². The van der Waals surface area contributed by atoms with Crippen LogP contribution in [0.15, 0.2) is 109 Å². The Morgan fingerprint density at radius 3 is 1.32 bits per heavy atom. The molecular formula is C63H104O14. The normalized spacial score (nSPS) is 25.1. The van der Waals surface area contributed by atoms with Gasteiger partial charge in [0.1, 0.15) is 54.9 Å². The first-order valence-corrected chi connectivity index (χ1v) is 29.5. The lowest BCUT2D eigenvalue weighted by Crippen LogP contribution is -2.61. The summed E-state index contributed by atoms with van der Waals surface area (Å²) >= 11 is 0. The fourth-order valence-electron chi connectivity index (χ4n) is 8.54. The third-order valence-corrected chi connectivity index (χ3v) is 13.3. The Morgan fingerprint density at radius 2 is 0.844 bits per heavy atom. The summed E-state index contributed by atoms with van der Waals surface area (Å²) < 4.78 is 34.3. The summed E-state index contributed by atoms with van der Waals surface area (Å²) in [5.74, 6) is -0.407. The Labute approximate surface area is 464 Å². The minimum atomic E-state index is -1.73. The van der Waals surface area contributed by atoms with Crippen molar-refractivity contribution in [1.82, 2.24) is 0 Å². The summed E-state index contributed by atoms with van der Waals surface area (Å²) in [5, 5.41) is 72.4. The van der Waals surface area contributed by atoms with Crippen molar-refractivity contribution in [1.29, 1.82) is 0 Å². The molecule has 77 heavy (non-hydrogen) atoms. The molecule has 0 aliphatic carbocycles. The van der Waals surface area contributed by atoms with E-state index in [4.69, 9.17) is 28.4 Å². The van der Waals surface area contributed by atoms with E-state index in [0.29, 0.717) is 13.0 Å². The van der Waals surface area contributed by atoms with E-state index >= 15 is 0 Å². The molecule has 0 saturated carbocycles. The van der Waals surface area contributed by atoms with Gasteiger partial charge in [-0.15, -0.1) is 0 Å². The van der Waals surface area contributed by atoms with E-state index in [1.807, 2.05) is 0 Å². The SMILES string of the molecule is CC/C=C\C/C=C\C/C=C\C/C=C\C/C=C\C/C=C\CCCOCC(COC1OC(COC2OC(CO)C(O)C(O)C2O)C(O)C(O)C1O)OC(=O)CCCCCCCCCC/C=C\C/C=C\C/C=C\CCCCCCC. The molecule has 2 fully saturated rings. The summed E-state index contributed by atoms with van der Waals surface area (Å²) in [5.41, 5.74) is 0. The van der Waals surface area contributed by atoms with Crippen LogP contribution in [0, 0.1) is 0 Å². The number of allylic oxidation sites excluding steroid dienone is 18. The third kappa shape index (κ3) is 35.1. The zero-order chi connectivity index (χ0) is 55.8. The van der Waals surface area contributed by atoms with Crippen molar-refractivity contribution in [2.24, 2.45) is 0 Å². The summed E-state index contributed by atoms with van der Waals surface area (Å²) in [4.78, 5) is 13.1. The predicted molar refractivity (Wildman–Crippen MR) is 307 cm³/mol. The number of ether oxygens (including phenoxy) is 6. The molecule has 11 unspecified atom stereocenters. The van der Waals surface area contributed by atoms with Crippen LogP contribution in [0.25, 0.3) is 0 Å². The maximum atomic E-state index is 13.1. The number of rotatable bonds is 46. The molecule has 0 aromatic carbocycles.